The van der Waals surface area contributed by atoms with Gasteiger partial charge in [-0.2, -0.15) is 8.78 Å². The van der Waals surface area contributed by atoms with Crippen molar-refractivity contribution in [1.29, 1.82) is 0 Å². The summed E-state index contributed by atoms with van der Waals surface area (Å²) in [6, 6.07) is 9.93. The minimum Gasteiger partial charge on any atom is -0.449 e. The molecule has 6 nitrogen and oxygen atoms in total. The van der Waals surface area contributed by atoms with E-state index in [2.05, 4.69) is 4.74 Å². The lowest BCUT2D eigenvalue weighted by molar-refractivity contribution is -0.134. The van der Waals surface area contributed by atoms with Crippen molar-refractivity contribution < 1.29 is 33.3 Å². The van der Waals surface area contributed by atoms with Gasteiger partial charge < -0.3 is 19.8 Å². The van der Waals surface area contributed by atoms with Crippen LogP contribution in [0.4, 0.5) is 13.6 Å². The first-order valence-electron chi connectivity index (χ1n) is 10.0. The molecule has 1 amide bonds. The van der Waals surface area contributed by atoms with Crippen LogP contribution >= 0.6 is 11.3 Å². The van der Waals surface area contributed by atoms with Gasteiger partial charge in [-0.05, 0) is 31.1 Å². The number of halogens is 2. The number of benzene rings is 1. The van der Waals surface area contributed by atoms with E-state index < -0.39 is 24.2 Å². The Labute approximate surface area is 188 Å². The number of aliphatic hydroxyl groups is 1. The minimum atomic E-state index is -3.45. The van der Waals surface area contributed by atoms with Gasteiger partial charge in [0.2, 0.25) is 5.91 Å². The lowest BCUT2D eigenvalue weighted by Crippen LogP contribution is -2.43. The van der Waals surface area contributed by atoms with Gasteiger partial charge in [-0.1, -0.05) is 59.9 Å². The summed E-state index contributed by atoms with van der Waals surface area (Å²) < 4.78 is 33.6. The lowest BCUT2D eigenvalue weighted by Gasteiger charge is -2.33. The number of thiophene rings is 1. The van der Waals surface area contributed by atoms with E-state index in [1.54, 1.807) is 29.2 Å². The molecular formula is C23H23F2NO5S. The molecule has 2 N–H and O–H groups in total. The van der Waals surface area contributed by atoms with E-state index in [0.717, 1.165) is 22.3 Å². The molecule has 2 heterocycles. The molecule has 1 aliphatic rings. The number of piperidine rings is 1. The standard InChI is InChI=1S/C23H23F2NO5S/c24-23(25,16-6-2-1-3-7-16)19(27)13-11-17-8-4-10-20(28)26(17)15-5-9-18-12-14-21(32-18)31-22(29)30/h1-3,5-7,9,11-14,17,19,27H,4,8,10,15H2,(H,29,30)/b9-5+,13-11+/t17-,19-/m1/s1. The van der Waals surface area contributed by atoms with Crippen LogP contribution in [0.1, 0.15) is 29.7 Å². The molecular weight excluding hydrogens is 440 g/mol. The van der Waals surface area contributed by atoms with E-state index in [0.29, 0.717) is 19.3 Å². The lowest BCUT2D eigenvalue weighted by atomic mass is 9.98. The molecule has 0 unspecified atom stereocenters. The number of carbonyl (C=O) groups is 2. The number of amides is 1. The van der Waals surface area contributed by atoms with Crippen molar-refractivity contribution in [3.63, 3.8) is 0 Å². The number of nitrogens with zero attached hydrogens (tertiary/aromatic N) is 1. The molecule has 0 aliphatic carbocycles. The molecule has 1 fully saturated rings. The van der Waals surface area contributed by atoms with Gasteiger partial charge in [0.1, 0.15) is 6.10 Å². The summed E-state index contributed by atoms with van der Waals surface area (Å²) in [4.78, 5) is 25.3. The molecule has 3 rings (SSSR count). The molecule has 1 aromatic carbocycles. The molecule has 2 atom stereocenters. The number of rotatable bonds is 8. The van der Waals surface area contributed by atoms with Gasteiger partial charge in [-0.3, -0.25) is 4.79 Å². The summed E-state index contributed by atoms with van der Waals surface area (Å²) in [5.74, 6) is -3.54. The van der Waals surface area contributed by atoms with Crippen molar-refractivity contribution in [3.8, 4) is 5.06 Å². The fraction of sp³-hybridized carbons (Fsp3) is 0.304. The smallest absolute Gasteiger partial charge is 0.449 e. The number of alkyl halides is 2. The van der Waals surface area contributed by atoms with Gasteiger partial charge in [0, 0.05) is 23.4 Å². The average molecular weight is 464 g/mol. The highest BCUT2D eigenvalue weighted by molar-refractivity contribution is 7.14. The fourth-order valence-corrected chi connectivity index (χ4v) is 4.20. The normalized spacial score (nSPS) is 18.4. The summed E-state index contributed by atoms with van der Waals surface area (Å²) in [5, 5.41) is 19.0. The number of likely N-dealkylation sites (tertiary alicyclic amines) is 1. The monoisotopic (exact) mass is 463 g/mol. The molecule has 0 radical (unpaired) electrons. The highest BCUT2D eigenvalue weighted by atomic mass is 32.1. The van der Waals surface area contributed by atoms with E-state index in [9.17, 15) is 23.5 Å². The predicted octanol–water partition coefficient (Wildman–Crippen LogP) is 4.91. The van der Waals surface area contributed by atoms with Gasteiger partial charge in [0.15, 0.2) is 5.06 Å². The van der Waals surface area contributed by atoms with Crippen LogP contribution in [-0.4, -0.2) is 45.9 Å². The summed E-state index contributed by atoms with van der Waals surface area (Å²) in [6.07, 6.45) is 4.22. The fourth-order valence-electron chi connectivity index (χ4n) is 3.42. The molecule has 170 valence electrons. The Morgan fingerprint density at radius 1 is 1.28 bits per heavy atom. The highest BCUT2D eigenvalue weighted by Crippen LogP contribution is 2.33. The van der Waals surface area contributed by atoms with Gasteiger partial charge in [-0.15, -0.1) is 0 Å². The maximum atomic E-state index is 14.5. The molecule has 9 heteroatoms. The first-order chi connectivity index (χ1) is 15.3. The third kappa shape index (κ3) is 6.02. The van der Waals surface area contributed by atoms with Gasteiger partial charge in [-0.25, -0.2) is 4.79 Å². The molecule has 1 saturated heterocycles. The number of hydrogen-bond donors (Lipinski definition) is 2. The topological polar surface area (TPSA) is 87.1 Å². The van der Waals surface area contributed by atoms with Crippen molar-refractivity contribution in [2.45, 2.75) is 37.3 Å². The van der Waals surface area contributed by atoms with Crippen LogP contribution in [-0.2, 0) is 10.7 Å². The Morgan fingerprint density at radius 2 is 2.03 bits per heavy atom. The minimum absolute atomic E-state index is 0.0964. The zero-order valence-electron chi connectivity index (χ0n) is 17.1. The number of ether oxygens (including phenoxy) is 1. The van der Waals surface area contributed by atoms with E-state index in [4.69, 9.17) is 5.11 Å². The van der Waals surface area contributed by atoms with E-state index >= 15 is 0 Å². The quantitative estimate of drug-likeness (QED) is 0.429. The third-order valence-corrected chi connectivity index (χ3v) is 5.96. The summed E-state index contributed by atoms with van der Waals surface area (Å²) in [5.41, 5.74) is -0.279. The maximum absolute atomic E-state index is 14.5. The van der Waals surface area contributed by atoms with E-state index in [-0.39, 0.29) is 23.1 Å². The van der Waals surface area contributed by atoms with Crippen LogP contribution in [0.25, 0.3) is 6.08 Å². The molecule has 0 saturated carbocycles. The average Bonchev–Trinajstić information content (AvgIpc) is 3.20. The first kappa shape index (κ1) is 23.6. The van der Waals surface area contributed by atoms with E-state index in [1.807, 2.05) is 0 Å². The van der Waals surface area contributed by atoms with Crippen LogP contribution < -0.4 is 4.74 Å². The van der Waals surface area contributed by atoms with Crippen molar-refractivity contribution in [1.82, 2.24) is 4.90 Å². The Balaban J connectivity index is 1.65. The zero-order valence-corrected chi connectivity index (χ0v) is 17.9. The Hall–Kier alpha value is -3.04. The molecule has 0 spiro atoms. The van der Waals surface area contributed by atoms with E-state index in [1.165, 1.54) is 36.4 Å². The van der Waals surface area contributed by atoms with Crippen molar-refractivity contribution in [2.24, 2.45) is 0 Å². The van der Waals surface area contributed by atoms with Gasteiger partial charge in [0.05, 0.1) is 6.04 Å². The summed E-state index contributed by atoms with van der Waals surface area (Å²) in [7, 11) is 0. The van der Waals surface area contributed by atoms with Crippen molar-refractivity contribution in [2.75, 3.05) is 6.54 Å². The second-order valence-electron chi connectivity index (χ2n) is 7.25. The first-order valence-corrected chi connectivity index (χ1v) is 10.9. The Morgan fingerprint density at radius 3 is 2.75 bits per heavy atom. The van der Waals surface area contributed by atoms with Gasteiger partial charge in [0.25, 0.3) is 0 Å². The molecule has 32 heavy (non-hydrogen) atoms. The molecule has 1 aromatic heterocycles. The summed E-state index contributed by atoms with van der Waals surface area (Å²) in [6.45, 7) is 0.256. The van der Waals surface area contributed by atoms with Crippen LogP contribution in [0.15, 0.2) is 60.7 Å². The Bertz CT molecular complexity index is 989. The molecule has 1 aliphatic heterocycles. The Kier molecular flexibility index (Phi) is 7.76. The second kappa shape index (κ2) is 10.5. The number of carbonyl (C=O) groups excluding carboxylic acids is 1. The van der Waals surface area contributed by atoms with Crippen LogP contribution in [0.5, 0.6) is 5.06 Å². The van der Waals surface area contributed by atoms with Crippen LogP contribution in [0, 0.1) is 0 Å². The molecule has 0 bridgehead atoms. The van der Waals surface area contributed by atoms with Crippen molar-refractivity contribution >= 4 is 29.5 Å². The number of carboxylic acid groups (broad SMARTS) is 1. The number of hydrogen-bond acceptors (Lipinski definition) is 5. The summed E-state index contributed by atoms with van der Waals surface area (Å²) >= 11 is 1.14. The largest absolute Gasteiger partial charge is 0.512 e. The predicted molar refractivity (Wildman–Crippen MR) is 117 cm³/mol. The van der Waals surface area contributed by atoms with Gasteiger partial charge >= 0.3 is 12.1 Å². The number of aliphatic hydroxyl groups excluding tert-OH is 1. The van der Waals surface area contributed by atoms with Crippen LogP contribution in [0.2, 0.25) is 0 Å². The molecule has 2 aromatic rings. The van der Waals surface area contributed by atoms with Crippen LogP contribution in [0.3, 0.4) is 0 Å². The van der Waals surface area contributed by atoms with Crippen molar-refractivity contribution in [3.05, 3.63) is 71.1 Å². The maximum Gasteiger partial charge on any atom is 0.512 e. The zero-order chi connectivity index (χ0) is 23.1. The second-order valence-corrected chi connectivity index (χ2v) is 8.33. The SMILES string of the molecule is O=C(O)Oc1ccc(/C=C/CN2C(=O)CCC[C@@H]2/C=C/[C@@H](O)C(F)(F)c2ccccc2)s1. The highest BCUT2D eigenvalue weighted by Gasteiger charge is 2.39. The third-order valence-electron chi connectivity index (χ3n) is 5.03.